The number of rotatable bonds is 7. The molecule has 1 aromatic heterocycles. The molecule has 30 heavy (non-hydrogen) atoms. The molecule has 0 saturated heterocycles. The third-order valence-electron chi connectivity index (χ3n) is 5.08. The van der Waals surface area contributed by atoms with Crippen LogP contribution >= 0.6 is 11.8 Å². The maximum atomic E-state index is 14.9. The zero-order valence-corrected chi connectivity index (χ0v) is 17.9. The summed E-state index contributed by atoms with van der Waals surface area (Å²) in [4.78, 5) is 34.2. The average Bonchev–Trinajstić information content (AvgIpc) is 3.24. The number of aromatic nitrogens is 2. The van der Waals surface area contributed by atoms with Gasteiger partial charge < -0.3 is 24.7 Å². The van der Waals surface area contributed by atoms with Gasteiger partial charge in [0, 0.05) is 30.3 Å². The standard InChI is InChI=1S/C20H25FN4O4S/c1-28-12-4-5-13(14(21)10-12)18-17-15(22-11-23-17)6-8-25(18)20(27)24-16(7-9-30-3)19(26)29-2/h4-5,10-11,16,18H,6-9H2,1-3H3,(H,22,23)(H,24,27)/t16-,18-/m0/s1. The van der Waals surface area contributed by atoms with Crippen molar-refractivity contribution in [1.82, 2.24) is 20.2 Å². The summed E-state index contributed by atoms with van der Waals surface area (Å²) < 4.78 is 24.8. The minimum Gasteiger partial charge on any atom is -0.497 e. The fourth-order valence-corrected chi connectivity index (χ4v) is 4.00. The summed E-state index contributed by atoms with van der Waals surface area (Å²) in [5.41, 5.74) is 1.74. The Hall–Kier alpha value is -2.75. The minimum atomic E-state index is -0.781. The number of carbonyl (C=O) groups excluding carboxylic acids is 2. The molecule has 2 N–H and O–H groups in total. The lowest BCUT2D eigenvalue weighted by Crippen LogP contribution is -2.51. The molecule has 1 aliphatic rings. The Morgan fingerprint density at radius 1 is 1.43 bits per heavy atom. The van der Waals surface area contributed by atoms with Crippen LogP contribution in [0.5, 0.6) is 5.75 Å². The van der Waals surface area contributed by atoms with Gasteiger partial charge in [-0.05, 0) is 30.6 Å². The lowest BCUT2D eigenvalue weighted by Gasteiger charge is -2.36. The molecule has 2 atom stereocenters. The molecule has 0 aliphatic carbocycles. The van der Waals surface area contributed by atoms with Gasteiger partial charge in [-0.25, -0.2) is 19.0 Å². The summed E-state index contributed by atoms with van der Waals surface area (Å²) in [5, 5.41) is 2.75. The maximum Gasteiger partial charge on any atom is 0.328 e. The Morgan fingerprint density at radius 3 is 2.90 bits per heavy atom. The predicted molar refractivity (Wildman–Crippen MR) is 111 cm³/mol. The van der Waals surface area contributed by atoms with Gasteiger partial charge in [0.2, 0.25) is 0 Å². The van der Waals surface area contributed by atoms with Crippen LogP contribution in [0.2, 0.25) is 0 Å². The predicted octanol–water partition coefficient (Wildman–Crippen LogP) is 2.51. The number of urea groups is 1. The summed E-state index contributed by atoms with van der Waals surface area (Å²) in [5.74, 6) is 0.0511. The van der Waals surface area contributed by atoms with E-state index >= 15 is 0 Å². The van der Waals surface area contributed by atoms with E-state index in [2.05, 4.69) is 15.3 Å². The van der Waals surface area contributed by atoms with Crippen molar-refractivity contribution in [3.63, 3.8) is 0 Å². The monoisotopic (exact) mass is 436 g/mol. The number of aromatic amines is 1. The van der Waals surface area contributed by atoms with Crippen LogP contribution in [0.15, 0.2) is 24.5 Å². The number of benzene rings is 1. The van der Waals surface area contributed by atoms with E-state index in [9.17, 15) is 14.0 Å². The van der Waals surface area contributed by atoms with Crippen LogP contribution in [-0.2, 0) is 16.0 Å². The smallest absolute Gasteiger partial charge is 0.328 e. The summed E-state index contributed by atoms with van der Waals surface area (Å²) in [6.07, 6.45) is 4.44. The average molecular weight is 437 g/mol. The van der Waals surface area contributed by atoms with Crippen molar-refractivity contribution in [2.24, 2.45) is 0 Å². The number of fused-ring (bicyclic) bond motifs is 1. The lowest BCUT2D eigenvalue weighted by atomic mass is 9.95. The summed E-state index contributed by atoms with van der Waals surface area (Å²) in [7, 11) is 2.75. The molecular weight excluding hydrogens is 411 g/mol. The highest BCUT2D eigenvalue weighted by molar-refractivity contribution is 7.98. The van der Waals surface area contributed by atoms with Crippen molar-refractivity contribution < 1.29 is 23.5 Å². The van der Waals surface area contributed by atoms with Crippen LogP contribution in [0.4, 0.5) is 9.18 Å². The molecule has 0 bridgehead atoms. The van der Waals surface area contributed by atoms with Crippen molar-refractivity contribution >= 4 is 23.8 Å². The third kappa shape index (κ3) is 4.53. The lowest BCUT2D eigenvalue weighted by molar-refractivity contribution is -0.142. The van der Waals surface area contributed by atoms with E-state index in [1.54, 1.807) is 23.9 Å². The summed E-state index contributed by atoms with van der Waals surface area (Å²) in [6.45, 7) is 0.341. The highest BCUT2D eigenvalue weighted by atomic mass is 32.2. The molecule has 2 amide bonds. The first-order valence-electron chi connectivity index (χ1n) is 9.49. The normalized spacial score (nSPS) is 16.5. The van der Waals surface area contributed by atoms with Gasteiger partial charge in [-0.3, -0.25) is 0 Å². The zero-order chi connectivity index (χ0) is 21.7. The number of ether oxygens (including phenoxy) is 2. The molecule has 0 radical (unpaired) electrons. The number of hydrogen-bond acceptors (Lipinski definition) is 6. The fraction of sp³-hybridized carbons (Fsp3) is 0.450. The van der Waals surface area contributed by atoms with E-state index in [1.807, 2.05) is 6.26 Å². The van der Waals surface area contributed by atoms with Gasteiger partial charge in [0.05, 0.1) is 26.2 Å². The third-order valence-corrected chi connectivity index (χ3v) is 5.73. The first-order chi connectivity index (χ1) is 14.5. The Balaban J connectivity index is 1.92. The molecule has 0 saturated carbocycles. The zero-order valence-electron chi connectivity index (χ0n) is 17.1. The topological polar surface area (TPSA) is 96.6 Å². The number of thioether (sulfide) groups is 1. The number of methoxy groups -OCH3 is 2. The van der Waals surface area contributed by atoms with Gasteiger partial charge in [0.25, 0.3) is 0 Å². The Morgan fingerprint density at radius 2 is 2.23 bits per heavy atom. The number of nitrogens with one attached hydrogen (secondary N) is 2. The van der Waals surface area contributed by atoms with Gasteiger partial charge in [-0.15, -0.1) is 0 Å². The van der Waals surface area contributed by atoms with Crippen molar-refractivity contribution in [2.75, 3.05) is 32.8 Å². The van der Waals surface area contributed by atoms with Crippen molar-refractivity contribution in [3.8, 4) is 5.75 Å². The second kappa shape index (κ2) is 9.84. The largest absolute Gasteiger partial charge is 0.497 e. The van der Waals surface area contributed by atoms with Crippen molar-refractivity contribution in [2.45, 2.75) is 24.9 Å². The molecule has 3 rings (SSSR count). The number of carbonyl (C=O) groups is 2. The van der Waals surface area contributed by atoms with E-state index in [0.717, 1.165) is 5.69 Å². The Kier molecular flexibility index (Phi) is 7.20. The van der Waals surface area contributed by atoms with Crippen LogP contribution in [0, 0.1) is 5.82 Å². The van der Waals surface area contributed by atoms with E-state index in [1.165, 1.54) is 31.5 Å². The molecule has 10 heteroatoms. The number of H-pyrrole nitrogens is 1. The molecule has 2 aromatic rings. The molecule has 0 unspecified atom stereocenters. The molecule has 2 heterocycles. The molecule has 1 aliphatic heterocycles. The number of nitrogens with zero attached hydrogens (tertiary/aromatic N) is 2. The number of hydrogen-bond donors (Lipinski definition) is 2. The van der Waals surface area contributed by atoms with Gasteiger partial charge in [0.1, 0.15) is 23.7 Å². The van der Waals surface area contributed by atoms with Crippen LogP contribution < -0.4 is 10.1 Å². The number of esters is 1. The molecule has 0 fully saturated rings. The first kappa shape index (κ1) is 21.9. The van der Waals surface area contributed by atoms with Crippen molar-refractivity contribution in [3.05, 3.63) is 47.3 Å². The van der Waals surface area contributed by atoms with Gasteiger partial charge in [-0.2, -0.15) is 11.8 Å². The van der Waals surface area contributed by atoms with Crippen LogP contribution in [0.25, 0.3) is 0 Å². The van der Waals surface area contributed by atoms with Gasteiger partial charge >= 0.3 is 12.0 Å². The van der Waals surface area contributed by atoms with Crippen LogP contribution in [0.3, 0.4) is 0 Å². The summed E-state index contributed by atoms with van der Waals surface area (Å²) in [6, 6.07) is 2.53. The second-order valence-electron chi connectivity index (χ2n) is 6.81. The molecule has 162 valence electrons. The molecule has 1 aromatic carbocycles. The molecule has 0 spiro atoms. The first-order valence-corrected chi connectivity index (χ1v) is 10.9. The SMILES string of the molecule is COC(=O)[C@H](CCSC)NC(=O)N1CCc2[nH]cnc2[C@@H]1c1ccc(OC)cc1F. The van der Waals surface area contributed by atoms with Crippen LogP contribution in [0.1, 0.15) is 29.4 Å². The highest BCUT2D eigenvalue weighted by Gasteiger charge is 2.37. The Bertz CT molecular complexity index is 907. The van der Waals surface area contributed by atoms with E-state index < -0.39 is 29.9 Å². The van der Waals surface area contributed by atoms with Crippen molar-refractivity contribution in [1.29, 1.82) is 0 Å². The Labute approximate surface area is 178 Å². The maximum absolute atomic E-state index is 14.9. The van der Waals surface area contributed by atoms with E-state index in [-0.39, 0.29) is 0 Å². The van der Waals surface area contributed by atoms with Gasteiger partial charge in [0.15, 0.2) is 0 Å². The minimum absolute atomic E-state index is 0.303. The van der Waals surface area contributed by atoms with Crippen LogP contribution in [-0.4, -0.2) is 65.7 Å². The fourth-order valence-electron chi connectivity index (χ4n) is 3.53. The molecular formula is C20H25FN4O4S. The van der Waals surface area contributed by atoms with Gasteiger partial charge in [-0.1, -0.05) is 0 Å². The quantitative estimate of drug-likeness (QED) is 0.648. The van der Waals surface area contributed by atoms with E-state index in [0.29, 0.717) is 42.1 Å². The second-order valence-corrected chi connectivity index (χ2v) is 7.79. The van der Waals surface area contributed by atoms with E-state index in [4.69, 9.17) is 9.47 Å². The highest BCUT2D eigenvalue weighted by Crippen LogP contribution is 2.35. The summed E-state index contributed by atoms with van der Waals surface area (Å²) >= 11 is 1.57. The number of amides is 2. The number of imidazole rings is 1. The molecule has 8 nitrogen and oxygen atoms in total. The number of halogens is 1.